The highest BCUT2D eigenvalue weighted by Gasteiger charge is 2.10. The minimum Gasteiger partial charge on any atom is -0.466 e. The van der Waals surface area contributed by atoms with E-state index in [-0.39, 0.29) is 17.9 Å². The van der Waals surface area contributed by atoms with Gasteiger partial charge in [-0.25, -0.2) is 4.79 Å². The highest BCUT2D eigenvalue weighted by molar-refractivity contribution is 5.94. The number of nitrogens with one attached hydrogen (secondary N) is 1. The van der Waals surface area contributed by atoms with Crippen molar-refractivity contribution in [1.82, 2.24) is 5.32 Å². The van der Waals surface area contributed by atoms with E-state index in [0.29, 0.717) is 6.54 Å². The van der Waals surface area contributed by atoms with Crippen molar-refractivity contribution in [1.29, 1.82) is 0 Å². The summed E-state index contributed by atoms with van der Waals surface area (Å²) in [5, 5.41) is 2.55. The largest absolute Gasteiger partial charge is 0.466 e. The molecule has 0 rings (SSSR count). The van der Waals surface area contributed by atoms with Crippen molar-refractivity contribution in [2.24, 2.45) is 0 Å². The fraction of sp³-hybridized carbons (Fsp3) is 0.500. The molecule has 68 valence electrons. The SMILES string of the molecule is C=C(CC(=O)NCC)C(=O)OC. The Kier molecular flexibility index (Phi) is 4.76. The lowest BCUT2D eigenvalue weighted by Gasteiger charge is -2.02. The molecular formula is C8H13NO3. The van der Waals surface area contributed by atoms with Gasteiger partial charge in [-0.1, -0.05) is 6.58 Å². The van der Waals surface area contributed by atoms with E-state index in [1.165, 1.54) is 7.11 Å². The van der Waals surface area contributed by atoms with Crippen LogP contribution in [0.2, 0.25) is 0 Å². The molecule has 4 heteroatoms. The maximum Gasteiger partial charge on any atom is 0.333 e. The van der Waals surface area contributed by atoms with Gasteiger partial charge in [0, 0.05) is 12.1 Å². The number of hydrogen-bond acceptors (Lipinski definition) is 3. The third-order valence-corrected chi connectivity index (χ3v) is 1.22. The number of carbonyl (C=O) groups excluding carboxylic acids is 2. The Morgan fingerprint density at radius 3 is 2.50 bits per heavy atom. The van der Waals surface area contributed by atoms with E-state index in [0.717, 1.165) is 0 Å². The van der Waals surface area contributed by atoms with E-state index >= 15 is 0 Å². The van der Waals surface area contributed by atoms with E-state index in [9.17, 15) is 9.59 Å². The summed E-state index contributed by atoms with van der Waals surface area (Å²) in [7, 11) is 1.26. The molecule has 0 aliphatic heterocycles. The molecule has 0 spiro atoms. The molecule has 1 N–H and O–H groups in total. The van der Waals surface area contributed by atoms with Crippen LogP contribution in [0.1, 0.15) is 13.3 Å². The Balaban J connectivity index is 3.84. The molecule has 1 amide bonds. The topological polar surface area (TPSA) is 55.4 Å². The van der Waals surface area contributed by atoms with Gasteiger partial charge in [0.15, 0.2) is 0 Å². The van der Waals surface area contributed by atoms with Gasteiger partial charge in [0.25, 0.3) is 0 Å². The summed E-state index contributed by atoms with van der Waals surface area (Å²) in [5.41, 5.74) is 0.170. The van der Waals surface area contributed by atoms with Crippen molar-refractivity contribution >= 4 is 11.9 Å². The molecule has 0 fully saturated rings. The molecule has 0 aromatic carbocycles. The first kappa shape index (κ1) is 10.7. The predicted octanol–water partition coefficient (Wildman–Crippen LogP) is 0.242. The molecule has 0 atom stereocenters. The van der Waals surface area contributed by atoms with Crippen molar-refractivity contribution < 1.29 is 14.3 Å². The lowest BCUT2D eigenvalue weighted by atomic mass is 10.2. The number of carbonyl (C=O) groups is 2. The second-order valence-corrected chi connectivity index (χ2v) is 2.23. The van der Waals surface area contributed by atoms with Crippen molar-refractivity contribution in [3.05, 3.63) is 12.2 Å². The summed E-state index contributed by atoms with van der Waals surface area (Å²) in [6, 6.07) is 0. The minimum absolute atomic E-state index is 0.000509. The number of amides is 1. The van der Waals surface area contributed by atoms with E-state index in [1.807, 2.05) is 0 Å². The Labute approximate surface area is 71.6 Å². The van der Waals surface area contributed by atoms with Gasteiger partial charge in [-0.3, -0.25) is 4.79 Å². The quantitative estimate of drug-likeness (QED) is 0.487. The molecule has 0 radical (unpaired) electrons. The highest BCUT2D eigenvalue weighted by Crippen LogP contribution is 1.99. The lowest BCUT2D eigenvalue weighted by molar-refractivity contribution is -0.137. The van der Waals surface area contributed by atoms with Crippen molar-refractivity contribution in [2.45, 2.75) is 13.3 Å². The zero-order valence-corrected chi connectivity index (χ0v) is 7.35. The highest BCUT2D eigenvalue weighted by atomic mass is 16.5. The number of rotatable bonds is 4. The molecule has 0 heterocycles. The third kappa shape index (κ3) is 3.75. The summed E-state index contributed by atoms with van der Waals surface area (Å²) < 4.78 is 4.37. The summed E-state index contributed by atoms with van der Waals surface area (Å²) in [6.45, 7) is 5.77. The van der Waals surface area contributed by atoms with Crippen LogP contribution in [0.25, 0.3) is 0 Å². The predicted molar refractivity (Wildman–Crippen MR) is 44.5 cm³/mol. The Bertz CT molecular complexity index is 198. The van der Waals surface area contributed by atoms with Gasteiger partial charge in [0.05, 0.1) is 13.5 Å². The molecule has 0 aromatic rings. The van der Waals surface area contributed by atoms with E-state index < -0.39 is 5.97 Å². The van der Waals surface area contributed by atoms with Crippen LogP contribution in [0.4, 0.5) is 0 Å². The Hall–Kier alpha value is -1.32. The van der Waals surface area contributed by atoms with Crippen LogP contribution in [0, 0.1) is 0 Å². The van der Waals surface area contributed by atoms with Crippen LogP contribution >= 0.6 is 0 Å². The molecular weight excluding hydrogens is 158 g/mol. The van der Waals surface area contributed by atoms with Gasteiger partial charge in [0.2, 0.25) is 5.91 Å². The molecule has 0 unspecified atom stereocenters. The molecule has 12 heavy (non-hydrogen) atoms. The number of methoxy groups -OCH3 is 1. The molecule has 4 nitrogen and oxygen atoms in total. The van der Waals surface area contributed by atoms with Gasteiger partial charge >= 0.3 is 5.97 Å². The van der Waals surface area contributed by atoms with Crippen LogP contribution < -0.4 is 5.32 Å². The standard InChI is InChI=1S/C8H13NO3/c1-4-9-7(10)5-6(2)8(11)12-3/h2,4-5H2,1,3H3,(H,9,10). The first-order chi connectivity index (χ1) is 5.61. The number of ether oxygens (including phenoxy) is 1. The third-order valence-electron chi connectivity index (χ3n) is 1.22. The van der Waals surface area contributed by atoms with Gasteiger partial charge in [-0.05, 0) is 6.92 Å². The van der Waals surface area contributed by atoms with Crippen LogP contribution in [0.15, 0.2) is 12.2 Å². The monoisotopic (exact) mass is 171 g/mol. The van der Waals surface area contributed by atoms with Crippen LogP contribution in [0.3, 0.4) is 0 Å². The van der Waals surface area contributed by atoms with E-state index in [2.05, 4.69) is 16.6 Å². The van der Waals surface area contributed by atoms with E-state index in [4.69, 9.17) is 0 Å². The van der Waals surface area contributed by atoms with Crippen molar-refractivity contribution in [3.63, 3.8) is 0 Å². The van der Waals surface area contributed by atoms with Crippen LogP contribution in [-0.4, -0.2) is 25.5 Å². The fourth-order valence-electron chi connectivity index (χ4n) is 0.670. The summed E-state index contributed by atoms with van der Waals surface area (Å²) in [4.78, 5) is 21.6. The van der Waals surface area contributed by atoms with Gasteiger partial charge in [-0.2, -0.15) is 0 Å². The minimum atomic E-state index is -0.541. The van der Waals surface area contributed by atoms with Gasteiger partial charge < -0.3 is 10.1 Å². The molecule has 0 saturated heterocycles. The lowest BCUT2D eigenvalue weighted by Crippen LogP contribution is -2.24. The normalized spacial score (nSPS) is 8.83. The summed E-state index contributed by atoms with van der Waals surface area (Å²) >= 11 is 0. The van der Waals surface area contributed by atoms with Crippen molar-refractivity contribution in [3.8, 4) is 0 Å². The average Bonchev–Trinajstić information content (AvgIpc) is 2.03. The molecule has 0 aromatic heterocycles. The molecule has 0 bridgehead atoms. The molecule has 0 aliphatic rings. The number of hydrogen-bond donors (Lipinski definition) is 1. The molecule has 0 aliphatic carbocycles. The average molecular weight is 171 g/mol. The van der Waals surface area contributed by atoms with Gasteiger partial charge in [0.1, 0.15) is 0 Å². The first-order valence-electron chi connectivity index (χ1n) is 3.64. The van der Waals surface area contributed by atoms with Gasteiger partial charge in [-0.15, -0.1) is 0 Å². The second kappa shape index (κ2) is 5.35. The smallest absolute Gasteiger partial charge is 0.333 e. The maximum absolute atomic E-state index is 10.9. The van der Waals surface area contributed by atoms with E-state index in [1.54, 1.807) is 6.92 Å². The first-order valence-corrected chi connectivity index (χ1v) is 3.64. The van der Waals surface area contributed by atoms with Crippen molar-refractivity contribution in [2.75, 3.05) is 13.7 Å². The summed E-state index contributed by atoms with van der Waals surface area (Å²) in [6.07, 6.45) is 0.000509. The molecule has 0 saturated carbocycles. The Morgan fingerprint density at radius 2 is 2.08 bits per heavy atom. The zero-order chi connectivity index (χ0) is 9.56. The maximum atomic E-state index is 10.9. The van der Waals surface area contributed by atoms with Crippen LogP contribution in [0.5, 0.6) is 0 Å². The number of esters is 1. The second-order valence-electron chi connectivity index (χ2n) is 2.23. The fourth-order valence-corrected chi connectivity index (χ4v) is 0.670. The van der Waals surface area contributed by atoms with Crippen LogP contribution in [-0.2, 0) is 14.3 Å². The Morgan fingerprint density at radius 1 is 1.50 bits per heavy atom. The summed E-state index contributed by atoms with van der Waals surface area (Å²) in [5.74, 6) is -0.755. The zero-order valence-electron chi connectivity index (χ0n) is 7.35.